The number of nitrogens with zero attached hydrogens (tertiary/aromatic N) is 1. The van der Waals surface area contributed by atoms with Crippen molar-refractivity contribution in [3.8, 4) is 0 Å². The molecule has 0 spiro atoms. The molecule has 1 unspecified atom stereocenters. The Morgan fingerprint density at radius 3 is 2.59 bits per heavy atom. The summed E-state index contributed by atoms with van der Waals surface area (Å²) >= 11 is 0. The summed E-state index contributed by atoms with van der Waals surface area (Å²) in [5.41, 5.74) is 1.13. The van der Waals surface area contributed by atoms with Crippen molar-refractivity contribution in [3.05, 3.63) is 54.0 Å². The molecule has 7 nitrogen and oxygen atoms in total. The lowest BCUT2D eigenvalue weighted by molar-refractivity contribution is -0.128. The Balaban J connectivity index is 1.56. The van der Waals surface area contributed by atoms with Crippen LogP contribution in [0.15, 0.2) is 47.1 Å². The fraction of sp³-hybridized carbons (Fsp3) is 0.350. The van der Waals surface area contributed by atoms with Crippen LogP contribution in [-0.4, -0.2) is 35.2 Å². The number of rotatable bonds is 6. The van der Waals surface area contributed by atoms with Crippen LogP contribution in [-0.2, 0) is 16.1 Å². The van der Waals surface area contributed by atoms with E-state index in [0.29, 0.717) is 30.1 Å². The maximum Gasteiger partial charge on any atom is 0.251 e. The molecule has 0 saturated carbocycles. The Kier molecular flexibility index (Phi) is 5.59. The minimum Gasteiger partial charge on any atom is -0.467 e. The van der Waals surface area contributed by atoms with E-state index in [9.17, 15) is 14.4 Å². The molecule has 7 heteroatoms. The molecule has 3 amide bonds. The van der Waals surface area contributed by atoms with Crippen molar-refractivity contribution >= 4 is 23.4 Å². The molecule has 2 N–H and O–H groups in total. The summed E-state index contributed by atoms with van der Waals surface area (Å²) in [7, 11) is 0. The van der Waals surface area contributed by atoms with Crippen molar-refractivity contribution in [2.75, 3.05) is 11.9 Å². The maximum absolute atomic E-state index is 12.5. The molecule has 142 valence electrons. The molecule has 2 heterocycles. The maximum atomic E-state index is 12.5. The van der Waals surface area contributed by atoms with Crippen LogP contribution in [0.25, 0.3) is 0 Å². The molecule has 1 aliphatic heterocycles. The summed E-state index contributed by atoms with van der Waals surface area (Å²) in [6.45, 7) is 4.52. The smallest absolute Gasteiger partial charge is 0.251 e. The predicted octanol–water partition coefficient (Wildman–Crippen LogP) is 2.41. The number of carbonyl (C=O) groups is 3. The third-order valence-corrected chi connectivity index (χ3v) is 4.35. The molecule has 2 aromatic rings. The van der Waals surface area contributed by atoms with Gasteiger partial charge in [0.05, 0.1) is 18.7 Å². The Hall–Kier alpha value is -3.09. The summed E-state index contributed by atoms with van der Waals surface area (Å²) in [6.07, 6.45) is 1.74. The minimum absolute atomic E-state index is 0.0564. The zero-order chi connectivity index (χ0) is 19.4. The fourth-order valence-electron chi connectivity index (χ4n) is 2.99. The van der Waals surface area contributed by atoms with E-state index in [2.05, 4.69) is 10.6 Å². The molecule has 1 fully saturated rings. The second-order valence-electron chi connectivity index (χ2n) is 6.95. The van der Waals surface area contributed by atoms with Crippen LogP contribution in [0.1, 0.15) is 36.4 Å². The zero-order valence-electron chi connectivity index (χ0n) is 15.4. The van der Waals surface area contributed by atoms with Gasteiger partial charge in [-0.15, -0.1) is 0 Å². The first-order chi connectivity index (χ1) is 12.9. The van der Waals surface area contributed by atoms with Gasteiger partial charge >= 0.3 is 0 Å². The standard InChI is InChI=1S/C20H23N3O4/c1-13(2)21-19(25)14-5-7-16(8-6-14)22-20(26)15-10-18(24)23(11-15)12-17-4-3-9-27-17/h3-9,13,15H,10-12H2,1-2H3,(H,21,25)(H,22,26). The molecule has 1 aromatic heterocycles. The lowest BCUT2D eigenvalue weighted by atomic mass is 10.1. The first-order valence-electron chi connectivity index (χ1n) is 8.94. The van der Waals surface area contributed by atoms with Crippen molar-refractivity contribution in [1.82, 2.24) is 10.2 Å². The van der Waals surface area contributed by atoms with Crippen LogP contribution < -0.4 is 10.6 Å². The molecule has 0 aliphatic carbocycles. The number of benzene rings is 1. The number of hydrogen-bond acceptors (Lipinski definition) is 4. The summed E-state index contributed by atoms with van der Waals surface area (Å²) in [6, 6.07) is 10.3. The lowest BCUT2D eigenvalue weighted by Crippen LogP contribution is -2.30. The van der Waals surface area contributed by atoms with Crippen LogP contribution >= 0.6 is 0 Å². The van der Waals surface area contributed by atoms with Gasteiger partial charge in [0.2, 0.25) is 11.8 Å². The molecular weight excluding hydrogens is 346 g/mol. The van der Waals surface area contributed by atoms with Crippen LogP contribution in [0.2, 0.25) is 0 Å². The van der Waals surface area contributed by atoms with Gasteiger partial charge in [-0.1, -0.05) is 0 Å². The number of likely N-dealkylation sites (tertiary alicyclic amines) is 1. The normalized spacial score (nSPS) is 16.6. The highest BCUT2D eigenvalue weighted by Gasteiger charge is 2.34. The van der Waals surface area contributed by atoms with Crippen LogP contribution in [0.4, 0.5) is 5.69 Å². The molecular formula is C20H23N3O4. The molecule has 1 atom stereocenters. The third-order valence-electron chi connectivity index (χ3n) is 4.35. The van der Waals surface area contributed by atoms with Gasteiger partial charge in [-0.25, -0.2) is 0 Å². The van der Waals surface area contributed by atoms with E-state index in [1.165, 1.54) is 0 Å². The van der Waals surface area contributed by atoms with Crippen LogP contribution in [0.5, 0.6) is 0 Å². The van der Waals surface area contributed by atoms with Crippen molar-refractivity contribution in [1.29, 1.82) is 0 Å². The lowest BCUT2D eigenvalue weighted by Gasteiger charge is -2.15. The summed E-state index contributed by atoms with van der Waals surface area (Å²) in [5, 5.41) is 5.63. The van der Waals surface area contributed by atoms with Crippen molar-refractivity contribution < 1.29 is 18.8 Å². The minimum atomic E-state index is -0.406. The quantitative estimate of drug-likeness (QED) is 0.818. The first-order valence-corrected chi connectivity index (χ1v) is 8.94. The Morgan fingerprint density at radius 1 is 1.22 bits per heavy atom. The predicted molar refractivity (Wildman–Crippen MR) is 99.9 cm³/mol. The van der Waals surface area contributed by atoms with Gasteiger partial charge in [0.25, 0.3) is 5.91 Å². The Labute approximate surface area is 157 Å². The van der Waals surface area contributed by atoms with Gasteiger partial charge in [0, 0.05) is 30.3 Å². The van der Waals surface area contributed by atoms with E-state index in [1.807, 2.05) is 13.8 Å². The molecule has 0 bridgehead atoms. The van der Waals surface area contributed by atoms with E-state index in [0.717, 1.165) is 0 Å². The number of hydrogen-bond donors (Lipinski definition) is 2. The number of furan rings is 1. The highest BCUT2D eigenvalue weighted by atomic mass is 16.3. The van der Waals surface area contributed by atoms with Gasteiger partial charge in [-0.05, 0) is 50.2 Å². The number of amides is 3. The molecule has 27 heavy (non-hydrogen) atoms. The number of anilines is 1. The summed E-state index contributed by atoms with van der Waals surface area (Å²) in [5.74, 6) is -0.134. The Bertz CT molecular complexity index is 812. The van der Waals surface area contributed by atoms with Crippen LogP contribution in [0.3, 0.4) is 0 Å². The van der Waals surface area contributed by atoms with Gasteiger partial charge < -0.3 is 20.0 Å². The van der Waals surface area contributed by atoms with Crippen LogP contribution in [0, 0.1) is 5.92 Å². The third kappa shape index (κ3) is 4.75. The zero-order valence-corrected chi connectivity index (χ0v) is 15.4. The SMILES string of the molecule is CC(C)NC(=O)c1ccc(NC(=O)C2CC(=O)N(Cc3ccco3)C2)cc1. The molecule has 0 radical (unpaired) electrons. The van der Waals surface area contributed by atoms with E-state index in [1.54, 1.807) is 47.6 Å². The fourth-order valence-corrected chi connectivity index (χ4v) is 2.99. The first kappa shape index (κ1) is 18.7. The molecule has 1 saturated heterocycles. The van der Waals surface area contributed by atoms with E-state index in [-0.39, 0.29) is 30.2 Å². The molecule has 1 aliphatic rings. The monoisotopic (exact) mass is 369 g/mol. The highest BCUT2D eigenvalue weighted by Crippen LogP contribution is 2.22. The van der Waals surface area contributed by atoms with Crippen molar-refractivity contribution in [2.24, 2.45) is 5.92 Å². The summed E-state index contributed by atoms with van der Waals surface area (Å²) in [4.78, 5) is 38.2. The number of nitrogens with one attached hydrogen (secondary N) is 2. The number of carbonyl (C=O) groups excluding carboxylic acids is 3. The van der Waals surface area contributed by atoms with E-state index < -0.39 is 5.92 Å². The van der Waals surface area contributed by atoms with Crippen molar-refractivity contribution in [3.63, 3.8) is 0 Å². The van der Waals surface area contributed by atoms with Gasteiger partial charge in [-0.2, -0.15) is 0 Å². The highest BCUT2D eigenvalue weighted by molar-refractivity contribution is 5.98. The average Bonchev–Trinajstić information content (AvgIpc) is 3.25. The van der Waals surface area contributed by atoms with E-state index >= 15 is 0 Å². The Morgan fingerprint density at radius 2 is 1.96 bits per heavy atom. The van der Waals surface area contributed by atoms with Gasteiger partial charge in [0.1, 0.15) is 5.76 Å². The van der Waals surface area contributed by atoms with Gasteiger partial charge in [0.15, 0.2) is 0 Å². The average molecular weight is 369 g/mol. The van der Waals surface area contributed by atoms with E-state index in [4.69, 9.17) is 4.42 Å². The second kappa shape index (κ2) is 8.07. The van der Waals surface area contributed by atoms with Gasteiger partial charge in [-0.3, -0.25) is 14.4 Å². The van der Waals surface area contributed by atoms with Crippen molar-refractivity contribution in [2.45, 2.75) is 32.9 Å². The largest absolute Gasteiger partial charge is 0.467 e. The molecule has 1 aromatic carbocycles. The summed E-state index contributed by atoms with van der Waals surface area (Å²) < 4.78 is 5.26. The molecule has 3 rings (SSSR count). The topological polar surface area (TPSA) is 91.7 Å². The second-order valence-corrected chi connectivity index (χ2v) is 6.95.